The second-order valence-corrected chi connectivity index (χ2v) is 9.87. The summed E-state index contributed by atoms with van der Waals surface area (Å²) in [6.07, 6.45) is 3.39. The Morgan fingerprint density at radius 3 is 2.51 bits per heavy atom. The van der Waals surface area contributed by atoms with Gasteiger partial charge in [0.2, 0.25) is 0 Å². The number of hydrogen-bond donors (Lipinski definition) is 0. The number of rotatable bonds is 5. The van der Waals surface area contributed by atoms with Gasteiger partial charge in [-0.2, -0.15) is 0 Å². The van der Waals surface area contributed by atoms with Gasteiger partial charge in [-0.15, -0.1) is 0 Å². The summed E-state index contributed by atoms with van der Waals surface area (Å²) in [5.74, 6) is 0.444. The van der Waals surface area contributed by atoms with Crippen molar-refractivity contribution < 1.29 is 18.4 Å². The monoisotopic (exact) mass is 497 g/mol. The minimum absolute atomic E-state index is 0.0444. The average Bonchev–Trinajstić information content (AvgIpc) is 3.40. The maximum Gasteiger partial charge on any atom is 0.161 e. The highest BCUT2D eigenvalue weighted by Crippen LogP contribution is 2.42. The minimum atomic E-state index is -0.360. The zero-order valence-electron chi connectivity index (χ0n) is 21.1. The fourth-order valence-electron chi connectivity index (χ4n) is 5.79. The van der Waals surface area contributed by atoms with E-state index in [1.165, 1.54) is 6.92 Å². The molecule has 6 nitrogen and oxygen atoms in total. The van der Waals surface area contributed by atoms with Gasteiger partial charge in [0.15, 0.2) is 5.78 Å². The van der Waals surface area contributed by atoms with E-state index in [-0.39, 0.29) is 17.6 Å². The third-order valence-electron chi connectivity index (χ3n) is 7.57. The van der Waals surface area contributed by atoms with Crippen LogP contribution in [0, 0.1) is 25.6 Å². The van der Waals surface area contributed by atoms with Crippen LogP contribution in [-0.2, 0) is 4.74 Å². The van der Waals surface area contributed by atoms with Gasteiger partial charge in [0.1, 0.15) is 11.6 Å². The Hall–Kier alpha value is -3.84. The lowest BCUT2D eigenvalue weighted by molar-refractivity contribution is 0.0553. The number of ketones is 1. The first-order valence-electron chi connectivity index (χ1n) is 12.6. The molecule has 0 bridgehead atoms. The van der Waals surface area contributed by atoms with Crippen molar-refractivity contribution in [1.82, 2.24) is 14.7 Å². The number of halogens is 1. The van der Waals surface area contributed by atoms with Gasteiger partial charge < -0.3 is 13.8 Å². The number of nitrogens with zero attached hydrogens (tertiary/aromatic N) is 3. The topological polar surface area (TPSA) is 70.2 Å². The number of aryl methyl sites for hydroxylation is 2. The van der Waals surface area contributed by atoms with Gasteiger partial charge in [-0.1, -0.05) is 35.5 Å². The third-order valence-corrected chi connectivity index (χ3v) is 7.57. The number of aromatic nitrogens is 3. The second kappa shape index (κ2) is 9.23. The van der Waals surface area contributed by atoms with E-state index in [9.17, 15) is 4.79 Å². The Labute approximate surface area is 214 Å². The molecule has 0 unspecified atom stereocenters. The molecule has 188 valence electrons. The number of carbonyl (C=O) groups is 1. The predicted molar refractivity (Wildman–Crippen MR) is 140 cm³/mol. The highest BCUT2D eigenvalue weighted by Gasteiger charge is 2.31. The SMILES string of the molecule is CC(=O)c1cnc2c3cc(F)c(-c4c(C)noc4C)cc3n([C@H](c3ccccc3)C3CCOCC3)c2c1. The van der Waals surface area contributed by atoms with Crippen molar-refractivity contribution in [2.45, 2.75) is 39.7 Å². The first-order chi connectivity index (χ1) is 17.9. The van der Waals surface area contributed by atoms with Crippen LogP contribution in [0.1, 0.15) is 53.2 Å². The number of benzene rings is 2. The molecule has 0 N–H and O–H groups in total. The van der Waals surface area contributed by atoms with E-state index in [0.29, 0.717) is 58.2 Å². The van der Waals surface area contributed by atoms with Crippen LogP contribution < -0.4 is 0 Å². The molecule has 4 heterocycles. The highest BCUT2D eigenvalue weighted by atomic mass is 19.1. The van der Waals surface area contributed by atoms with E-state index in [4.69, 9.17) is 9.26 Å². The first-order valence-corrected chi connectivity index (χ1v) is 12.6. The van der Waals surface area contributed by atoms with Crippen molar-refractivity contribution in [3.8, 4) is 11.1 Å². The molecule has 7 heteroatoms. The van der Waals surface area contributed by atoms with Crippen molar-refractivity contribution in [3.05, 3.63) is 83.1 Å². The summed E-state index contributed by atoms with van der Waals surface area (Å²) < 4.78 is 29.0. The molecule has 5 aromatic rings. The molecule has 1 aliphatic heterocycles. The third kappa shape index (κ3) is 3.94. The maximum absolute atomic E-state index is 15.7. The van der Waals surface area contributed by atoms with Crippen LogP contribution in [0.3, 0.4) is 0 Å². The van der Waals surface area contributed by atoms with Crippen LogP contribution >= 0.6 is 0 Å². The molecule has 0 spiro atoms. The summed E-state index contributed by atoms with van der Waals surface area (Å²) in [5, 5.41) is 4.77. The standard InChI is InChI=1S/C30H28FN3O3/c1-17-28(19(3)37-33-17)23-15-26-24(14-25(23)31)29-27(13-22(16-32-29)18(2)35)34(26)30(20-7-5-4-6-8-20)21-9-11-36-12-10-21/h4-8,13-16,21,30H,9-12H2,1-3H3/t30-/m1/s1. The molecule has 0 aliphatic carbocycles. The predicted octanol–water partition coefficient (Wildman–Crippen LogP) is 6.82. The Morgan fingerprint density at radius 2 is 1.84 bits per heavy atom. The molecule has 2 aromatic carbocycles. The smallest absolute Gasteiger partial charge is 0.161 e. The van der Waals surface area contributed by atoms with Crippen molar-refractivity contribution in [2.24, 2.45) is 5.92 Å². The van der Waals surface area contributed by atoms with Crippen molar-refractivity contribution >= 4 is 27.7 Å². The molecule has 0 radical (unpaired) electrons. The zero-order valence-corrected chi connectivity index (χ0v) is 21.1. The fraction of sp³-hybridized carbons (Fsp3) is 0.300. The minimum Gasteiger partial charge on any atom is -0.381 e. The molecule has 6 rings (SSSR count). The molecule has 1 aliphatic rings. The number of hydrogen-bond acceptors (Lipinski definition) is 5. The number of carbonyl (C=O) groups excluding carboxylic acids is 1. The summed E-state index contributed by atoms with van der Waals surface area (Å²) in [4.78, 5) is 17.0. The van der Waals surface area contributed by atoms with Crippen molar-refractivity contribution in [3.63, 3.8) is 0 Å². The maximum atomic E-state index is 15.7. The summed E-state index contributed by atoms with van der Waals surface area (Å²) in [6.45, 7) is 6.55. The number of ether oxygens (including phenoxy) is 1. The molecule has 1 saturated heterocycles. The lowest BCUT2D eigenvalue weighted by atomic mass is 9.86. The van der Waals surface area contributed by atoms with Crippen LogP contribution in [0.15, 0.2) is 59.3 Å². The van der Waals surface area contributed by atoms with Gasteiger partial charge >= 0.3 is 0 Å². The zero-order chi connectivity index (χ0) is 25.7. The van der Waals surface area contributed by atoms with Gasteiger partial charge in [-0.25, -0.2) is 4.39 Å². The average molecular weight is 498 g/mol. The van der Waals surface area contributed by atoms with Gasteiger partial charge in [0.05, 0.1) is 33.8 Å². The van der Waals surface area contributed by atoms with E-state index in [2.05, 4.69) is 26.8 Å². The Kier molecular flexibility index (Phi) is 5.88. The van der Waals surface area contributed by atoms with E-state index in [0.717, 1.165) is 29.4 Å². The quantitative estimate of drug-likeness (QED) is 0.249. The van der Waals surface area contributed by atoms with Crippen LogP contribution in [0.2, 0.25) is 0 Å². The summed E-state index contributed by atoms with van der Waals surface area (Å²) in [7, 11) is 0. The lowest BCUT2D eigenvalue weighted by Crippen LogP contribution is -2.27. The lowest BCUT2D eigenvalue weighted by Gasteiger charge is -2.33. The summed E-state index contributed by atoms with van der Waals surface area (Å²) in [6, 6.07) is 15.7. The van der Waals surface area contributed by atoms with Crippen LogP contribution in [-0.4, -0.2) is 33.7 Å². The number of pyridine rings is 1. The van der Waals surface area contributed by atoms with E-state index >= 15 is 4.39 Å². The Balaban J connectivity index is 1.72. The first kappa shape index (κ1) is 23.6. The highest BCUT2D eigenvalue weighted by molar-refractivity contribution is 6.09. The molecule has 3 aromatic heterocycles. The molecule has 0 saturated carbocycles. The number of Topliss-reactive ketones (excluding diaryl/α,β-unsaturated/α-hetero) is 1. The van der Waals surface area contributed by atoms with Crippen molar-refractivity contribution in [2.75, 3.05) is 13.2 Å². The van der Waals surface area contributed by atoms with E-state index in [1.54, 1.807) is 19.2 Å². The number of fused-ring (bicyclic) bond motifs is 3. The van der Waals surface area contributed by atoms with Crippen LogP contribution in [0.5, 0.6) is 0 Å². The van der Waals surface area contributed by atoms with E-state index in [1.807, 2.05) is 37.3 Å². The normalized spacial score (nSPS) is 15.5. The van der Waals surface area contributed by atoms with E-state index < -0.39 is 0 Å². The van der Waals surface area contributed by atoms with Gasteiger partial charge in [-0.05, 0) is 63.3 Å². The fourth-order valence-corrected chi connectivity index (χ4v) is 5.79. The Morgan fingerprint density at radius 1 is 1.08 bits per heavy atom. The van der Waals surface area contributed by atoms with Crippen LogP contribution in [0.25, 0.3) is 33.1 Å². The molecule has 0 amide bonds. The van der Waals surface area contributed by atoms with Gasteiger partial charge in [0, 0.05) is 35.9 Å². The molecule has 1 fully saturated rings. The Bertz CT molecular complexity index is 1610. The molecular weight excluding hydrogens is 469 g/mol. The van der Waals surface area contributed by atoms with Gasteiger partial charge in [0.25, 0.3) is 0 Å². The largest absolute Gasteiger partial charge is 0.381 e. The molecular formula is C30H28FN3O3. The van der Waals surface area contributed by atoms with Crippen molar-refractivity contribution in [1.29, 1.82) is 0 Å². The second-order valence-electron chi connectivity index (χ2n) is 9.87. The van der Waals surface area contributed by atoms with Gasteiger partial charge in [-0.3, -0.25) is 9.78 Å². The molecule has 37 heavy (non-hydrogen) atoms. The summed E-state index contributed by atoms with van der Waals surface area (Å²) in [5.41, 5.74) is 5.79. The summed E-state index contributed by atoms with van der Waals surface area (Å²) >= 11 is 0. The van der Waals surface area contributed by atoms with Crippen LogP contribution in [0.4, 0.5) is 4.39 Å². The molecule has 1 atom stereocenters.